The van der Waals surface area contributed by atoms with Crippen molar-refractivity contribution in [2.75, 3.05) is 0 Å². The molecule has 3 aromatic heterocycles. The van der Waals surface area contributed by atoms with Crippen LogP contribution in [0.25, 0.3) is 70.4 Å². The van der Waals surface area contributed by atoms with Crippen LogP contribution in [-0.4, -0.2) is 14.5 Å². The van der Waals surface area contributed by atoms with E-state index in [1.54, 1.807) is 11.3 Å². The van der Waals surface area contributed by atoms with Gasteiger partial charge in [0, 0.05) is 48.1 Å². The van der Waals surface area contributed by atoms with E-state index in [1.807, 2.05) is 6.07 Å². The minimum atomic E-state index is 0.736. The topological polar surface area (TPSA) is 30.7 Å². The van der Waals surface area contributed by atoms with Crippen LogP contribution in [0.1, 0.15) is 0 Å². The molecule has 38 heavy (non-hydrogen) atoms. The van der Waals surface area contributed by atoms with Gasteiger partial charge in [0.2, 0.25) is 0 Å². The molecule has 0 unspecified atom stereocenters. The third-order valence-corrected chi connectivity index (χ3v) is 8.46. The Morgan fingerprint density at radius 1 is 0.526 bits per heavy atom. The van der Waals surface area contributed by atoms with Crippen LogP contribution in [0.5, 0.6) is 0 Å². The molecule has 0 N–H and O–H groups in total. The summed E-state index contributed by atoms with van der Waals surface area (Å²) >= 11 is 1.81. The van der Waals surface area contributed by atoms with E-state index in [4.69, 9.17) is 9.97 Å². The fourth-order valence-electron chi connectivity index (χ4n) is 5.52. The number of hydrogen-bond acceptors (Lipinski definition) is 3. The highest BCUT2D eigenvalue weighted by Crippen LogP contribution is 2.40. The average Bonchev–Trinajstić information content (AvgIpc) is 3.53. The van der Waals surface area contributed by atoms with Crippen molar-refractivity contribution in [1.29, 1.82) is 0 Å². The smallest absolute Gasteiger partial charge is 0.163 e. The fraction of sp³-hybridized carbons (Fsp3) is 0. The summed E-state index contributed by atoms with van der Waals surface area (Å²) in [4.78, 5) is 10.4. The van der Waals surface area contributed by atoms with Gasteiger partial charge >= 0.3 is 0 Å². The molecule has 0 aliphatic heterocycles. The van der Waals surface area contributed by atoms with Gasteiger partial charge in [0.05, 0.1) is 16.7 Å². The zero-order chi connectivity index (χ0) is 25.1. The minimum absolute atomic E-state index is 0.736. The normalized spacial score (nSPS) is 11.7. The Morgan fingerprint density at radius 3 is 1.92 bits per heavy atom. The highest BCUT2D eigenvalue weighted by atomic mass is 32.1. The second-order valence-electron chi connectivity index (χ2n) is 9.45. The quantitative estimate of drug-likeness (QED) is 0.240. The van der Waals surface area contributed by atoms with Gasteiger partial charge in [-0.15, -0.1) is 11.3 Å². The van der Waals surface area contributed by atoms with E-state index in [1.165, 1.54) is 30.9 Å². The summed E-state index contributed by atoms with van der Waals surface area (Å²) in [5.74, 6) is 1.60. The maximum atomic E-state index is 5.25. The zero-order valence-electron chi connectivity index (χ0n) is 20.4. The van der Waals surface area contributed by atoms with Crippen molar-refractivity contribution >= 4 is 53.3 Å². The van der Waals surface area contributed by atoms with Crippen molar-refractivity contribution in [3.8, 4) is 28.5 Å². The molecular weight excluding hydrogens is 482 g/mol. The molecule has 0 atom stereocenters. The van der Waals surface area contributed by atoms with Gasteiger partial charge in [0.15, 0.2) is 5.82 Å². The number of benzene rings is 5. The molecule has 3 heterocycles. The molecule has 0 saturated heterocycles. The third kappa shape index (κ3) is 3.21. The van der Waals surface area contributed by atoms with Crippen LogP contribution in [0.3, 0.4) is 0 Å². The summed E-state index contributed by atoms with van der Waals surface area (Å²) in [6.45, 7) is 0. The van der Waals surface area contributed by atoms with Crippen LogP contribution in [-0.2, 0) is 0 Å². The Labute approximate surface area is 223 Å². The fourth-order valence-corrected chi connectivity index (χ4v) is 6.73. The van der Waals surface area contributed by atoms with Gasteiger partial charge in [0.25, 0.3) is 0 Å². The summed E-state index contributed by atoms with van der Waals surface area (Å²) in [5, 5.41) is 4.96. The van der Waals surface area contributed by atoms with Gasteiger partial charge in [-0.3, -0.25) is 4.57 Å². The molecule has 0 saturated carbocycles. The molecule has 4 heteroatoms. The number of para-hydroxylation sites is 2. The molecule has 8 rings (SSSR count). The second-order valence-corrected chi connectivity index (χ2v) is 10.5. The first-order valence-electron chi connectivity index (χ1n) is 12.7. The summed E-state index contributed by atoms with van der Waals surface area (Å²) in [5.41, 5.74) is 5.31. The van der Waals surface area contributed by atoms with Gasteiger partial charge in [-0.1, -0.05) is 97.1 Å². The highest BCUT2D eigenvalue weighted by molar-refractivity contribution is 7.26. The predicted octanol–water partition coefficient (Wildman–Crippen LogP) is 9.28. The van der Waals surface area contributed by atoms with Crippen molar-refractivity contribution in [2.45, 2.75) is 0 Å². The Hall–Kier alpha value is -4.80. The summed E-state index contributed by atoms with van der Waals surface area (Å²) in [6, 6.07) is 44.7. The molecule has 8 aromatic rings. The van der Waals surface area contributed by atoms with Crippen molar-refractivity contribution in [3.63, 3.8) is 0 Å². The number of fused-ring (bicyclic) bond motifs is 6. The number of aromatic nitrogens is 3. The van der Waals surface area contributed by atoms with E-state index in [0.717, 1.165) is 39.5 Å². The minimum Gasteiger partial charge on any atom is -0.294 e. The van der Waals surface area contributed by atoms with E-state index in [-0.39, 0.29) is 0 Å². The molecule has 0 spiro atoms. The summed E-state index contributed by atoms with van der Waals surface area (Å²) in [6.07, 6.45) is 0. The molecule has 0 bridgehead atoms. The number of hydrogen-bond donors (Lipinski definition) is 0. The Kier molecular flexibility index (Phi) is 4.69. The van der Waals surface area contributed by atoms with Crippen LogP contribution in [0, 0.1) is 0 Å². The molecule has 0 aliphatic carbocycles. The number of nitrogens with zero attached hydrogens (tertiary/aromatic N) is 3. The lowest BCUT2D eigenvalue weighted by Crippen LogP contribution is -2.02. The summed E-state index contributed by atoms with van der Waals surface area (Å²) in [7, 11) is 0. The molecule has 0 radical (unpaired) electrons. The van der Waals surface area contributed by atoms with E-state index in [0.29, 0.717) is 0 Å². The van der Waals surface area contributed by atoms with Crippen molar-refractivity contribution < 1.29 is 0 Å². The van der Waals surface area contributed by atoms with E-state index in [2.05, 4.69) is 126 Å². The van der Waals surface area contributed by atoms with Crippen molar-refractivity contribution in [1.82, 2.24) is 14.5 Å². The molecular formula is C34H21N3S. The maximum Gasteiger partial charge on any atom is 0.163 e. The maximum absolute atomic E-state index is 5.25. The van der Waals surface area contributed by atoms with Crippen molar-refractivity contribution in [3.05, 3.63) is 127 Å². The van der Waals surface area contributed by atoms with Gasteiger partial charge in [0.1, 0.15) is 5.82 Å². The molecule has 0 amide bonds. The zero-order valence-corrected chi connectivity index (χ0v) is 21.2. The van der Waals surface area contributed by atoms with Crippen LogP contribution in [0.15, 0.2) is 127 Å². The SMILES string of the molecule is c1ccc(-c2cc(-n3c4ccccc4c4ccccc43)nc(-c3cccc4c3sc3ccccc34)n2)cc1. The van der Waals surface area contributed by atoms with Crippen LogP contribution in [0.2, 0.25) is 0 Å². The first-order chi connectivity index (χ1) is 18.8. The van der Waals surface area contributed by atoms with E-state index < -0.39 is 0 Å². The monoisotopic (exact) mass is 503 g/mol. The lowest BCUT2D eigenvalue weighted by molar-refractivity contribution is 1.05. The van der Waals surface area contributed by atoms with Gasteiger partial charge in [-0.2, -0.15) is 0 Å². The Bertz CT molecular complexity index is 2080. The lowest BCUT2D eigenvalue weighted by Gasteiger charge is -2.12. The predicted molar refractivity (Wildman–Crippen MR) is 160 cm³/mol. The molecule has 3 nitrogen and oxygen atoms in total. The largest absolute Gasteiger partial charge is 0.294 e. The standard InChI is InChI=1S/C34H21N3S/c1-2-11-22(12-3-1)28-21-32(37-29-18-7-4-13-23(29)24-14-5-8-19-30(24)37)36-34(35-28)27-17-10-16-26-25-15-6-9-20-31(25)38-33(26)27/h1-21H. The lowest BCUT2D eigenvalue weighted by atomic mass is 10.1. The number of thiophene rings is 1. The molecule has 0 fully saturated rings. The van der Waals surface area contributed by atoms with Crippen molar-refractivity contribution in [2.24, 2.45) is 0 Å². The summed E-state index contributed by atoms with van der Waals surface area (Å²) < 4.78 is 4.76. The second kappa shape index (κ2) is 8.37. The van der Waals surface area contributed by atoms with Gasteiger partial charge in [-0.05, 0) is 24.3 Å². The first kappa shape index (κ1) is 21.3. The number of rotatable bonds is 3. The Morgan fingerprint density at radius 2 is 1.16 bits per heavy atom. The van der Waals surface area contributed by atoms with Crippen LogP contribution in [0.4, 0.5) is 0 Å². The third-order valence-electron chi connectivity index (χ3n) is 7.24. The van der Waals surface area contributed by atoms with Crippen LogP contribution >= 0.6 is 11.3 Å². The average molecular weight is 504 g/mol. The van der Waals surface area contributed by atoms with Gasteiger partial charge < -0.3 is 0 Å². The highest BCUT2D eigenvalue weighted by Gasteiger charge is 2.18. The molecule has 5 aromatic carbocycles. The van der Waals surface area contributed by atoms with Gasteiger partial charge in [-0.25, -0.2) is 9.97 Å². The molecule has 0 aliphatic rings. The van der Waals surface area contributed by atoms with E-state index >= 15 is 0 Å². The van der Waals surface area contributed by atoms with Crippen LogP contribution < -0.4 is 0 Å². The molecule has 178 valence electrons. The first-order valence-corrected chi connectivity index (χ1v) is 13.5. The Balaban J connectivity index is 1.47. The van der Waals surface area contributed by atoms with E-state index in [9.17, 15) is 0 Å².